The molecule has 2 aliphatic heterocycles. The molecular weight excluding hydrogens is 463 g/mol. The van der Waals surface area contributed by atoms with E-state index in [1.165, 1.54) is 11.3 Å². The minimum Gasteiger partial charge on any atom is -0.493 e. The predicted molar refractivity (Wildman–Crippen MR) is 122 cm³/mol. The van der Waals surface area contributed by atoms with Crippen LogP contribution in [0.2, 0.25) is 10.0 Å². The molecular formula is C21H16Cl2N2O3S2. The number of anilines is 1. The minimum atomic E-state index is -0.286. The summed E-state index contributed by atoms with van der Waals surface area (Å²) in [6, 6.07) is 12.9. The second-order valence-electron chi connectivity index (χ2n) is 7.20. The third kappa shape index (κ3) is 3.54. The SMILES string of the molecule is O=C(Cn1c2c(sc1=O)[C@H]1c3ccccc3OC[C@@H]1CS2)Nc1ccc(Cl)c(Cl)c1. The molecule has 2 aliphatic rings. The molecule has 3 aromatic rings. The van der Waals surface area contributed by atoms with Crippen molar-refractivity contribution in [2.24, 2.45) is 5.92 Å². The molecule has 9 heteroatoms. The van der Waals surface area contributed by atoms with E-state index in [1.54, 1.807) is 34.5 Å². The van der Waals surface area contributed by atoms with Crippen LogP contribution in [0.3, 0.4) is 0 Å². The zero-order valence-corrected chi connectivity index (χ0v) is 18.7. The van der Waals surface area contributed by atoms with Gasteiger partial charge in [0.05, 0.1) is 21.7 Å². The zero-order valence-electron chi connectivity index (χ0n) is 15.6. The normalized spacial score (nSPS) is 19.3. The lowest BCUT2D eigenvalue weighted by Gasteiger charge is -2.36. The fourth-order valence-corrected chi connectivity index (χ4v) is 6.90. The van der Waals surface area contributed by atoms with Crippen LogP contribution in [0.25, 0.3) is 0 Å². The van der Waals surface area contributed by atoms with Gasteiger partial charge in [-0.15, -0.1) is 11.8 Å². The Labute approximate surface area is 191 Å². The number of thioether (sulfide) groups is 1. The number of hydrogen-bond acceptors (Lipinski definition) is 5. The fourth-order valence-electron chi connectivity index (χ4n) is 3.91. The molecule has 1 aromatic heterocycles. The fraction of sp³-hybridized carbons (Fsp3) is 0.238. The van der Waals surface area contributed by atoms with E-state index in [9.17, 15) is 9.59 Å². The van der Waals surface area contributed by atoms with Gasteiger partial charge in [0.2, 0.25) is 5.91 Å². The van der Waals surface area contributed by atoms with Crippen molar-refractivity contribution in [2.75, 3.05) is 17.7 Å². The summed E-state index contributed by atoms with van der Waals surface area (Å²) >= 11 is 14.8. The number of aromatic nitrogens is 1. The zero-order chi connectivity index (χ0) is 20.8. The molecule has 3 heterocycles. The van der Waals surface area contributed by atoms with Crippen LogP contribution in [-0.4, -0.2) is 22.8 Å². The molecule has 154 valence electrons. The van der Waals surface area contributed by atoms with E-state index < -0.39 is 0 Å². The van der Waals surface area contributed by atoms with Crippen molar-refractivity contribution in [3.05, 3.63) is 72.6 Å². The van der Waals surface area contributed by atoms with Gasteiger partial charge in [-0.05, 0) is 24.3 Å². The standard InChI is InChI=1S/C21H16Cl2N2O3S2/c22-14-6-5-12(7-15(14)23)24-17(26)8-25-20-19(30-21(25)27)18-11(10-29-20)9-28-16-4-2-1-3-13(16)18/h1-7,11,18H,8-10H2,(H,24,26)/t11-,18-/m1/s1. The van der Waals surface area contributed by atoms with E-state index >= 15 is 0 Å². The Bertz CT molecular complexity index is 1210. The number of benzene rings is 2. The maximum absolute atomic E-state index is 12.8. The summed E-state index contributed by atoms with van der Waals surface area (Å²) < 4.78 is 7.49. The van der Waals surface area contributed by atoms with E-state index in [-0.39, 0.29) is 23.2 Å². The quantitative estimate of drug-likeness (QED) is 0.568. The monoisotopic (exact) mass is 478 g/mol. The number of carbonyl (C=O) groups excluding carboxylic acids is 1. The average molecular weight is 479 g/mol. The van der Waals surface area contributed by atoms with Gasteiger partial charge in [0.1, 0.15) is 12.3 Å². The first-order valence-corrected chi connectivity index (χ1v) is 11.9. The maximum Gasteiger partial charge on any atom is 0.308 e. The molecule has 0 fully saturated rings. The van der Waals surface area contributed by atoms with Gasteiger partial charge in [-0.2, -0.15) is 0 Å². The molecule has 0 saturated heterocycles. The van der Waals surface area contributed by atoms with Crippen molar-refractivity contribution < 1.29 is 9.53 Å². The van der Waals surface area contributed by atoms with Crippen LogP contribution >= 0.6 is 46.3 Å². The topological polar surface area (TPSA) is 60.3 Å². The molecule has 2 atom stereocenters. The van der Waals surface area contributed by atoms with Gasteiger partial charge in [0.15, 0.2) is 0 Å². The predicted octanol–water partition coefficient (Wildman–Crippen LogP) is 5.10. The summed E-state index contributed by atoms with van der Waals surface area (Å²) in [5.41, 5.74) is 1.65. The number of rotatable bonds is 3. The second kappa shape index (κ2) is 7.96. The first-order valence-electron chi connectivity index (χ1n) is 9.34. The molecule has 1 N–H and O–H groups in total. The van der Waals surface area contributed by atoms with E-state index in [0.717, 1.165) is 27.0 Å². The number of para-hydroxylation sites is 1. The second-order valence-corrected chi connectivity index (χ2v) is 10.0. The number of hydrogen-bond donors (Lipinski definition) is 1. The molecule has 5 nitrogen and oxygen atoms in total. The van der Waals surface area contributed by atoms with Gasteiger partial charge in [0, 0.05) is 33.7 Å². The van der Waals surface area contributed by atoms with Crippen LogP contribution in [0.5, 0.6) is 5.75 Å². The third-order valence-electron chi connectivity index (χ3n) is 5.27. The Hall–Kier alpha value is -1.93. The van der Waals surface area contributed by atoms with Crippen molar-refractivity contribution in [1.82, 2.24) is 4.57 Å². The Morgan fingerprint density at radius 3 is 2.87 bits per heavy atom. The molecule has 0 spiro atoms. The van der Waals surface area contributed by atoms with Crippen LogP contribution < -0.4 is 14.9 Å². The van der Waals surface area contributed by atoms with Gasteiger partial charge in [-0.1, -0.05) is 52.7 Å². The highest BCUT2D eigenvalue weighted by molar-refractivity contribution is 7.99. The Balaban J connectivity index is 1.44. The maximum atomic E-state index is 12.8. The summed E-state index contributed by atoms with van der Waals surface area (Å²) in [6.07, 6.45) is 0. The Kier molecular flexibility index (Phi) is 5.31. The lowest BCUT2D eigenvalue weighted by molar-refractivity contribution is -0.116. The van der Waals surface area contributed by atoms with E-state index in [0.29, 0.717) is 28.3 Å². The number of ether oxygens (including phenoxy) is 1. The number of nitrogens with one attached hydrogen (secondary N) is 1. The minimum absolute atomic E-state index is 0.0482. The van der Waals surface area contributed by atoms with E-state index in [1.807, 2.05) is 18.2 Å². The number of carbonyl (C=O) groups is 1. The summed E-state index contributed by atoms with van der Waals surface area (Å²) in [5, 5.41) is 4.45. The number of thiazole rings is 1. The van der Waals surface area contributed by atoms with Crippen molar-refractivity contribution in [3.63, 3.8) is 0 Å². The largest absolute Gasteiger partial charge is 0.493 e. The van der Waals surface area contributed by atoms with Crippen molar-refractivity contribution in [1.29, 1.82) is 0 Å². The highest BCUT2D eigenvalue weighted by Gasteiger charge is 2.39. The number of fused-ring (bicyclic) bond motifs is 5. The molecule has 30 heavy (non-hydrogen) atoms. The molecule has 0 aliphatic carbocycles. The van der Waals surface area contributed by atoms with Crippen LogP contribution in [0.1, 0.15) is 16.4 Å². The average Bonchev–Trinajstić information content (AvgIpc) is 3.05. The molecule has 0 saturated carbocycles. The van der Waals surface area contributed by atoms with Crippen LogP contribution in [-0.2, 0) is 11.3 Å². The lowest BCUT2D eigenvalue weighted by Crippen LogP contribution is -2.31. The van der Waals surface area contributed by atoms with Crippen molar-refractivity contribution in [2.45, 2.75) is 17.5 Å². The lowest BCUT2D eigenvalue weighted by atomic mass is 9.84. The Morgan fingerprint density at radius 2 is 2.03 bits per heavy atom. The van der Waals surface area contributed by atoms with Gasteiger partial charge >= 0.3 is 4.87 Å². The molecule has 1 amide bonds. The van der Waals surface area contributed by atoms with Gasteiger partial charge in [-0.25, -0.2) is 0 Å². The van der Waals surface area contributed by atoms with E-state index in [4.69, 9.17) is 27.9 Å². The number of nitrogens with zero attached hydrogens (tertiary/aromatic N) is 1. The van der Waals surface area contributed by atoms with E-state index in [2.05, 4.69) is 11.4 Å². The molecule has 0 unspecified atom stereocenters. The molecule has 0 radical (unpaired) electrons. The summed E-state index contributed by atoms with van der Waals surface area (Å²) in [4.78, 5) is 26.3. The van der Waals surface area contributed by atoms with Crippen LogP contribution in [0, 0.1) is 5.92 Å². The first-order chi connectivity index (χ1) is 14.5. The number of halogens is 2. The smallest absolute Gasteiger partial charge is 0.308 e. The van der Waals surface area contributed by atoms with Gasteiger partial charge in [-0.3, -0.25) is 14.2 Å². The van der Waals surface area contributed by atoms with Crippen LogP contribution in [0.4, 0.5) is 5.69 Å². The van der Waals surface area contributed by atoms with Gasteiger partial charge in [0.25, 0.3) is 0 Å². The van der Waals surface area contributed by atoms with Crippen LogP contribution in [0.15, 0.2) is 52.3 Å². The molecule has 0 bridgehead atoms. The molecule has 2 aromatic carbocycles. The summed E-state index contributed by atoms with van der Waals surface area (Å²) in [5.74, 6) is 1.88. The third-order valence-corrected chi connectivity index (χ3v) is 8.51. The highest BCUT2D eigenvalue weighted by atomic mass is 35.5. The van der Waals surface area contributed by atoms with Crippen molar-refractivity contribution >= 4 is 57.9 Å². The van der Waals surface area contributed by atoms with Gasteiger partial charge < -0.3 is 10.1 Å². The Morgan fingerprint density at radius 1 is 1.20 bits per heavy atom. The molecule has 5 rings (SSSR count). The summed E-state index contributed by atoms with van der Waals surface area (Å²) in [7, 11) is 0. The number of amides is 1. The van der Waals surface area contributed by atoms with Crippen molar-refractivity contribution in [3.8, 4) is 5.75 Å². The highest BCUT2D eigenvalue weighted by Crippen LogP contribution is 2.50. The summed E-state index contributed by atoms with van der Waals surface area (Å²) in [6.45, 7) is 0.589. The first kappa shape index (κ1) is 20.0.